The number of alkyl carbamates (subject to hydrolysis) is 1. The molecule has 0 saturated carbocycles. The van der Waals surface area contributed by atoms with Crippen molar-refractivity contribution in [3.63, 3.8) is 0 Å². The van der Waals surface area contributed by atoms with Crippen molar-refractivity contribution in [1.29, 1.82) is 0 Å². The third kappa shape index (κ3) is 5.51. The van der Waals surface area contributed by atoms with Gasteiger partial charge in [-0.25, -0.2) is 9.59 Å². The van der Waals surface area contributed by atoms with Crippen LogP contribution in [0.15, 0.2) is 54.7 Å². The Morgan fingerprint density at radius 2 is 1.71 bits per heavy atom. The van der Waals surface area contributed by atoms with Crippen LogP contribution in [0.5, 0.6) is 0 Å². The molecule has 35 heavy (non-hydrogen) atoms. The molecule has 9 heteroatoms. The molecule has 0 fully saturated rings. The third-order valence-corrected chi connectivity index (χ3v) is 6.05. The molecule has 2 amide bonds. The zero-order chi connectivity index (χ0) is 24.9. The van der Waals surface area contributed by atoms with E-state index in [-0.39, 0.29) is 42.3 Å². The predicted octanol–water partition coefficient (Wildman–Crippen LogP) is 4.15. The Labute approximate surface area is 203 Å². The van der Waals surface area contributed by atoms with Crippen LogP contribution in [-0.2, 0) is 16.6 Å². The van der Waals surface area contributed by atoms with Crippen molar-refractivity contribution >= 4 is 23.7 Å². The van der Waals surface area contributed by atoms with Crippen LogP contribution in [0.3, 0.4) is 0 Å². The molecule has 1 atom stereocenters. The molecule has 4 rings (SSSR count). The number of aryl methyl sites for hydroxylation is 1. The van der Waals surface area contributed by atoms with Gasteiger partial charge in [0.05, 0.1) is 5.69 Å². The average Bonchev–Trinajstić information content (AvgIpc) is 3.35. The lowest BCUT2D eigenvalue weighted by Gasteiger charge is -2.17. The van der Waals surface area contributed by atoms with E-state index >= 15 is 0 Å². The van der Waals surface area contributed by atoms with Gasteiger partial charge >= 0.3 is 12.1 Å². The summed E-state index contributed by atoms with van der Waals surface area (Å²) in [5.41, 5.74) is 4.61. The number of fused-ring (bicyclic) bond motifs is 3. The maximum absolute atomic E-state index is 12.4. The van der Waals surface area contributed by atoms with E-state index in [0.717, 1.165) is 11.1 Å². The Morgan fingerprint density at radius 1 is 1.09 bits per heavy atom. The number of aromatic carboxylic acids is 1. The van der Waals surface area contributed by atoms with Crippen molar-refractivity contribution in [2.45, 2.75) is 38.1 Å². The highest BCUT2D eigenvalue weighted by atomic mass is 16.5. The Balaban J connectivity index is 1.22. The van der Waals surface area contributed by atoms with Crippen LogP contribution < -0.4 is 10.6 Å². The molecular weight excluding hydrogens is 448 g/mol. The van der Waals surface area contributed by atoms with E-state index in [1.54, 1.807) is 7.05 Å². The highest BCUT2D eigenvalue weighted by Gasteiger charge is 2.29. The summed E-state index contributed by atoms with van der Waals surface area (Å²) in [5, 5.41) is 18.4. The Kier molecular flexibility index (Phi) is 7.14. The maximum Gasteiger partial charge on any atom is 0.407 e. The molecule has 1 heterocycles. The summed E-state index contributed by atoms with van der Waals surface area (Å²) < 4.78 is 6.89. The summed E-state index contributed by atoms with van der Waals surface area (Å²) >= 11 is 0. The summed E-state index contributed by atoms with van der Waals surface area (Å²) in [6.07, 6.45) is 2.22. The number of aromatic nitrogens is 2. The van der Waals surface area contributed by atoms with Gasteiger partial charge in [0.25, 0.3) is 0 Å². The molecule has 3 N–H and O–H groups in total. The van der Waals surface area contributed by atoms with E-state index < -0.39 is 12.1 Å². The van der Waals surface area contributed by atoms with Crippen molar-refractivity contribution in [2.75, 3.05) is 11.9 Å². The number of carboxylic acid groups (broad SMARTS) is 1. The minimum atomic E-state index is -1.21. The Bertz CT molecular complexity index is 1210. The zero-order valence-electron chi connectivity index (χ0n) is 19.7. The number of hydrogen-bond acceptors (Lipinski definition) is 5. The fourth-order valence-corrected chi connectivity index (χ4v) is 4.43. The van der Waals surface area contributed by atoms with Gasteiger partial charge in [-0.3, -0.25) is 9.48 Å². The minimum Gasteiger partial charge on any atom is -0.476 e. The molecule has 3 aromatic rings. The largest absolute Gasteiger partial charge is 0.476 e. The molecule has 0 spiro atoms. The Hall–Kier alpha value is -4.14. The van der Waals surface area contributed by atoms with Crippen molar-refractivity contribution in [3.05, 3.63) is 71.5 Å². The van der Waals surface area contributed by atoms with Gasteiger partial charge in [-0.1, -0.05) is 48.5 Å². The van der Waals surface area contributed by atoms with Crippen molar-refractivity contribution in [3.8, 4) is 11.1 Å². The number of nitrogens with zero attached hydrogens (tertiary/aromatic N) is 2. The third-order valence-electron chi connectivity index (χ3n) is 6.05. The first-order chi connectivity index (χ1) is 16.8. The van der Waals surface area contributed by atoms with Gasteiger partial charge in [0.1, 0.15) is 6.61 Å². The van der Waals surface area contributed by atoms with E-state index in [4.69, 9.17) is 9.84 Å². The summed E-state index contributed by atoms with van der Waals surface area (Å²) in [6.45, 7) is 2.09. The van der Waals surface area contributed by atoms with Crippen molar-refractivity contribution in [1.82, 2.24) is 15.1 Å². The summed E-state index contributed by atoms with van der Waals surface area (Å²) in [6, 6.07) is 16.1. The number of amides is 2. The van der Waals surface area contributed by atoms with E-state index in [2.05, 4.69) is 40.0 Å². The smallest absolute Gasteiger partial charge is 0.407 e. The second-order valence-electron chi connectivity index (χ2n) is 8.68. The number of nitrogens with one attached hydrogen (secondary N) is 2. The topological polar surface area (TPSA) is 123 Å². The molecule has 1 aliphatic carbocycles. The van der Waals surface area contributed by atoms with Crippen LogP contribution in [0, 0.1) is 0 Å². The van der Waals surface area contributed by atoms with E-state index in [9.17, 15) is 14.4 Å². The molecule has 182 valence electrons. The maximum atomic E-state index is 12.4. The van der Waals surface area contributed by atoms with Crippen LogP contribution >= 0.6 is 0 Å². The molecule has 0 radical (unpaired) electrons. The number of carbonyl (C=O) groups is 3. The quantitative estimate of drug-likeness (QED) is 0.426. The van der Waals surface area contributed by atoms with E-state index in [1.807, 2.05) is 31.2 Å². The van der Waals surface area contributed by atoms with Gasteiger partial charge in [-0.05, 0) is 42.0 Å². The SMILES string of the molecule is CC(CCCC(=O)Nc1cn(C)nc1C(=O)O)NC(=O)OCC1c2ccccc2-c2ccccc21. The molecule has 1 aliphatic rings. The summed E-state index contributed by atoms with van der Waals surface area (Å²) in [5.74, 6) is -1.52. The van der Waals surface area contributed by atoms with Gasteiger partial charge in [0.2, 0.25) is 5.91 Å². The van der Waals surface area contributed by atoms with Gasteiger partial charge in [-0.15, -0.1) is 0 Å². The summed E-state index contributed by atoms with van der Waals surface area (Å²) in [7, 11) is 1.58. The second-order valence-corrected chi connectivity index (χ2v) is 8.68. The van der Waals surface area contributed by atoms with Gasteiger partial charge in [0, 0.05) is 31.6 Å². The molecule has 2 aromatic carbocycles. The van der Waals surface area contributed by atoms with Gasteiger partial charge in [-0.2, -0.15) is 5.10 Å². The average molecular weight is 477 g/mol. The first-order valence-electron chi connectivity index (χ1n) is 11.5. The van der Waals surface area contributed by atoms with E-state index in [1.165, 1.54) is 22.0 Å². The molecule has 1 unspecified atom stereocenters. The first kappa shape index (κ1) is 24.0. The van der Waals surface area contributed by atoms with Crippen LogP contribution in [-0.4, -0.2) is 45.5 Å². The highest BCUT2D eigenvalue weighted by Crippen LogP contribution is 2.44. The molecule has 0 saturated heterocycles. The van der Waals surface area contributed by atoms with Crippen LogP contribution in [0.2, 0.25) is 0 Å². The number of ether oxygens (including phenoxy) is 1. The van der Waals surface area contributed by atoms with Crippen LogP contribution in [0.25, 0.3) is 11.1 Å². The molecule has 9 nitrogen and oxygen atoms in total. The molecule has 0 bridgehead atoms. The van der Waals surface area contributed by atoms with Crippen LogP contribution in [0.1, 0.15) is 53.7 Å². The normalized spacial score (nSPS) is 13.0. The van der Waals surface area contributed by atoms with Gasteiger partial charge < -0.3 is 20.5 Å². The molecular formula is C26H28N4O5. The standard InChI is InChI=1S/C26H28N4O5/c1-16(8-7-13-23(31)28-22-14-30(2)29-24(22)25(32)33)27-26(34)35-15-21-19-11-5-3-9-17(19)18-10-4-6-12-20(18)21/h3-6,9-12,14,16,21H,7-8,13,15H2,1-2H3,(H,27,34)(H,28,31)(H,32,33). The number of carboxylic acids is 1. The van der Waals surface area contributed by atoms with Crippen molar-refractivity contribution in [2.24, 2.45) is 7.05 Å². The monoisotopic (exact) mass is 476 g/mol. The van der Waals surface area contributed by atoms with Crippen LogP contribution in [0.4, 0.5) is 10.5 Å². The number of benzene rings is 2. The second kappa shape index (κ2) is 10.4. The lowest BCUT2D eigenvalue weighted by Crippen LogP contribution is -2.34. The van der Waals surface area contributed by atoms with Gasteiger partial charge in [0.15, 0.2) is 5.69 Å². The number of rotatable bonds is 9. The molecule has 1 aromatic heterocycles. The first-order valence-corrected chi connectivity index (χ1v) is 11.5. The fourth-order valence-electron chi connectivity index (χ4n) is 4.43. The highest BCUT2D eigenvalue weighted by molar-refractivity contribution is 5.99. The summed E-state index contributed by atoms with van der Waals surface area (Å²) in [4.78, 5) is 35.8. The number of carbonyl (C=O) groups excluding carboxylic acids is 2. The lowest BCUT2D eigenvalue weighted by molar-refractivity contribution is -0.116. The lowest BCUT2D eigenvalue weighted by atomic mass is 9.98. The number of anilines is 1. The van der Waals surface area contributed by atoms with E-state index in [0.29, 0.717) is 12.8 Å². The zero-order valence-corrected chi connectivity index (χ0v) is 19.7. The fraction of sp³-hybridized carbons (Fsp3) is 0.308. The predicted molar refractivity (Wildman–Crippen MR) is 130 cm³/mol. The van der Waals surface area contributed by atoms with Crippen molar-refractivity contribution < 1.29 is 24.2 Å². The number of hydrogen-bond donors (Lipinski definition) is 3. The minimum absolute atomic E-state index is 0.00433. The molecule has 0 aliphatic heterocycles. The Morgan fingerprint density at radius 3 is 2.34 bits per heavy atom.